The van der Waals surface area contributed by atoms with Crippen LogP contribution in [0.1, 0.15) is 0 Å². The molecule has 0 unspecified atom stereocenters. The number of nitrogens with one attached hydrogen (secondary N) is 1. The average molecular weight is 433 g/mol. The highest BCUT2D eigenvalue weighted by Crippen LogP contribution is 2.35. The van der Waals surface area contributed by atoms with Crippen LogP contribution in [0.4, 0.5) is 5.69 Å². The van der Waals surface area contributed by atoms with E-state index in [0.29, 0.717) is 26.5 Å². The van der Waals surface area contributed by atoms with Gasteiger partial charge in [-0.05, 0) is 52.9 Å². The third-order valence-corrected chi connectivity index (χ3v) is 5.28. The van der Waals surface area contributed by atoms with Gasteiger partial charge in [0.15, 0.2) is 11.5 Å². The van der Waals surface area contributed by atoms with E-state index in [2.05, 4.69) is 4.72 Å². The molecule has 1 aliphatic rings. The summed E-state index contributed by atoms with van der Waals surface area (Å²) in [5.74, 6) is 1.74. The highest BCUT2D eigenvalue weighted by atomic mass is 127. The minimum Gasteiger partial charge on any atom is -0.496 e. The summed E-state index contributed by atoms with van der Waals surface area (Å²) in [5.41, 5.74) is 0.412. The van der Waals surface area contributed by atoms with E-state index < -0.39 is 10.0 Å². The van der Waals surface area contributed by atoms with Gasteiger partial charge in [0.05, 0.1) is 21.3 Å². The molecule has 0 fully saturated rings. The number of sulfonamides is 1. The molecule has 2 aromatic rings. The molecule has 1 heterocycles. The highest BCUT2D eigenvalue weighted by Gasteiger charge is 2.19. The lowest BCUT2D eigenvalue weighted by Crippen LogP contribution is -2.13. The summed E-state index contributed by atoms with van der Waals surface area (Å²) in [5, 5.41) is 0. The topological polar surface area (TPSA) is 73.9 Å². The first-order valence-electron chi connectivity index (χ1n) is 6.25. The first kappa shape index (κ1) is 15.2. The Hall–Kier alpha value is -1.68. The Bertz CT molecular complexity index is 822. The molecule has 1 N–H and O–H groups in total. The maximum atomic E-state index is 12.4. The van der Waals surface area contributed by atoms with Crippen molar-refractivity contribution >= 4 is 38.3 Å². The van der Waals surface area contributed by atoms with Gasteiger partial charge in [0.2, 0.25) is 6.79 Å². The van der Waals surface area contributed by atoms with E-state index in [1.165, 1.54) is 13.2 Å². The van der Waals surface area contributed by atoms with Gasteiger partial charge in [0.25, 0.3) is 10.0 Å². The van der Waals surface area contributed by atoms with Crippen LogP contribution in [0.5, 0.6) is 17.2 Å². The molecule has 0 saturated carbocycles. The lowest BCUT2D eigenvalue weighted by Gasteiger charge is -2.10. The fourth-order valence-electron chi connectivity index (χ4n) is 1.99. The number of fused-ring (bicyclic) bond motifs is 1. The van der Waals surface area contributed by atoms with Gasteiger partial charge in [-0.1, -0.05) is 0 Å². The van der Waals surface area contributed by atoms with Crippen molar-refractivity contribution in [2.24, 2.45) is 0 Å². The largest absolute Gasteiger partial charge is 0.496 e. The van der Waals surface area contributed by atoms with Gasteiger partial charge in [-0.15, -0.1) is 0 Å². The predicted octanol–water partition coefficient (Wildman–Crippen LogP) is 2.83. The summed E-state index contributed by atoms with van der Waals surface area (Å²) in [6.07, 6.45) is 0. The fraction of sp³-hybridized carbons (Fsp3) is 0.143. The molecule has 1 aliphatic heterocycles. The summed E-state index contributed by atoms with van der Waals surface area (Å²) in [6, 6.07) is 9.55. The number of anilines is 1. The van der Waals surface area contributed by atoms with Crippen molar-refractivity contribution in [3.05, 3.63) is 40.0 Å². The molecule has 6 nitrogen and oxygen atoms in total. The molecule has 0 aromatic heterocycles. The summed E-state index contributed by atoms with van der Waals surface area (Å²) in [6.45, 7) is 0.141. The fourth-order valence-corrected chi connectivity index (χ4v) is 4.01. The van der Waals surface area contributed by atoms with E-state index in [1.807, 2.05) is 22.6 Å². The lowest BCUT2D eigenvalue weighted by molar-refractivity contribution is 0.174. The lowest BCUT2D eigenvalue weighted by atomic mass is 10.3. The standard InChI is InChI=1S/C14H12INO5S/c1-19-12-5-3-10(7-11(12)15)22(17,18)16-9-2-4-13-14(6-9)21-8-20-13/h2-7,16H,8H2,1H3. The van der Waals surface area contributed by atoms with Crippen molar-refractivity contribution in [3.63, 3.8) is 0 Å². The van der Waals surface area contributed by atoms with E-state index >= 15 is 0 Å². The molecule has 2 aromatic carbocycles. The van der Waals surface area contributed by atoms with Crippen LogP contribution in [0, 0.1) is 3.57 Å². The maximum Gasteiger partial charge on any atom is 0.261 e. The molecule has 0 bridgehead atoms. The molecule has 8 heteroatoms. The molecule has 0 radical (unpaired) electrons. The number of hydrogen-bond donors (Lipinski definition) is 1. The summed E-state index contributed by atoms with van der Waals surface area (Å²) >= 11 is 2.03. The quantitative estimate of drug-likeness (QED) is 0.751. The van der Waals surface area contributed by atoms with Crippen LogP contribution in [0.3, 0.4) is 0 Å². The Balaban J connectivity index is 1.89. The Morgan fingerprint density at radius 1 is 1.14 bits per heavy atom. The first-order chi connectivity index (χ1) is 10.5. The van der Waals surface area contributed by atoms with Crippen molar-refractivity contribution in [2.75, 3.05) is 18.6 Å². The second-order valence-electron chi connectivity index (χ2n) is 4.47. The van der Waals surface area contributed by atoms with Crippen molar-refractivity contribution in [1.82, 2.24) is 0 Å². The molecule has 0 atom stereocenters. The average Bonchev–Trinajstić information content (AvgIpc) is 2.94. The minimum atomic E-state index is -3.68. The van der Waals surface area contributed by atoms with Crippen LogP contribution in [0.25, 0.3) is 0 Å². The van der Waals surface area contributed by atoms with E-state index in [-0.39, 0.29) is 11.7 Å². The molecule has 0 aliphatic carbocycles. The monoisotopic (exact) mass is 433 g/mol. The van der Waals surface area contributed by atoms with Crippen molar-refractivity contribution in [2.45, 2.75) is 4.90 Å². The summed E-state index contributed by atoms with van der Waals surface area (Å²) in [7, 11) is -2.15. The van der Waals surface area contributed by atoms with Crippen LogP contribution in [-0.4, -0.2) is 22.3 Å². The third-order valence-electron chi connectivity index (χ3n) is 3.06. The van der Waals surface area contributed by atoms with Gasteiger partial charge >= 0.3 is 0 Å². The second kappa shape index (κ2) is 5.84. The smallest absolute Gasteiger partial charge is 0.261 e. The Kier molecular flexibility index (Phi) is 4.04. The minimum absolute atomic E-state index is 0.141. The number of methoxy groups -OCH3 is 1. The SMILES string of the molecule is COc1ccc(S(=O)(=O)Nc2ccc3c(c2)OCO3)cc1I. The third kappa shape index (κ3) is 2.93. The zero-order valence-electron chi connectivity index (χ0n) is 11.5. The van der Waals surface area contributed by atoms with Crippen molar-refractivity contribution in [1.29, 1.82) is 0 Å². The van der Waals surface area contributed by atoms with Gasteiger partial charge in [-0.2, -0.15) is 0 Å². The number of rotatable bonds is 4. The molecule has 22 heavy (non-hydrogen) atoms. The van der Waals surface area contributed by atoms with Crippen molar-refractivity contribution in [3.8, 4) is 17.2 Å². The van der Waals surface area contributed by atoms with Gasteiger partial charge in [-0.3, -0.25) is 4.72 Å². The molecule has 0 spiro atoms. The zero-order chi connectivity index (χ0) is 15.7. The van der Waals surface area contributed by atoms with Crippen LogP contribution in [0.2, 0.25) is 0 Å². The molecule has 0 amide bonds. The normalized spacial score (nSPS) is 13.0. The second-order valence-corrected chi connectivity index (χ2v) is 7.31. The summed E-state index contributed by atoms with van der Waals surface area (Å²) < 4.78 is 43.6. The van der Waals surface area contributed by atoms with Gasteiger partial charge < -0.3 is 14.2 Å². The van der Waals surface area contributed by atoms with E-state index in [4.69, 9.17) is 14.2 Å². The van der Waals surface area contributed by atoms with E-state index in [1.54, 1.807) is 30.3 Å². The van der Waals surface area contributed by atoms with Crippen LogP contribution >= 0.6 is 22.6 Å². The predicted molar refractivity (Wildman–Crippen MR) is 89.1 cm³/mol. The van der Waals surface area contributed by atoms with Crippen LogP contribution < -0.4 is 18.9 Å². The Labute approximate surface area is 141 Å². The highest BCUT2D eigenvalue weighted by molar-refractivity contribution is 14.1. The number of benzene rings is 2. The van der Waals surface area contributed by atoms with Crippen molar-refractivity contribution < 1.29 is 22.6 Å². The molecule has 116 valence electrons. The van der Waals surface area contributed by atoms with Gasteiger partial charge in [0, 0.05) is 6.07 Å². The Morgan fingerprint density at radius 3 is 2.64 bits per heavy atom. The maximum absolute atomic E-state index is 12.4. The number of ether oxygens (including phenoxy) is 3. The first-order valence-corrected chi connectivity index (χ1v) is 8.82. The van der Waals surface area contributed by atoms with E-state index in [0.717, 1.165) is 0 Å². The summed E-state index contributed by atoms with van der Waals surface area (Å²) in [4.78, 5) is 0.162. The molecule has 0 saturated heterocycles. The zero-order valence-corrected chi connectivity index (χ0v) is 14.5. The van der Waals surface area contributed by atoms with Crippen LogP contribution in [-0.2, 0) is 10.0 Å². The Morgan fingerprint density at radius 2 is 1.91 bits per heavy atom. The van der Waals surface area contributed by atoms with Gasteiger partial charge in [-0.25, -0.2) is 8.42 Å². The van der Waals surface area contributed by atoms with Gasteiger partial charge in [0.1, 0.15) is 5.75 Å². The molecule has 3 rings (SSSR count). The number of halogens is 1. The number of hydrogen-bond acceptors (Lipinski definition) is 5. The molecular weight excluding hydrogens is 421 g/mol. The molecular formula is C14H12INO5S. The van der Waals surface area contributed by atoms with E-state index in [9.17, 15) is 8.42 Å². The van der Waals surface area contributed by atoms with Crippen LogP contribution in [0.15, 0.2) is 41.3 Å².